The summed E-state index contributed by atoms with van der Waals surface area (Å²) in [5.41, 5.74) is -0.240. The lowest BCUT2D eigenvalue weighted by atomic mass is 9.95. The lowest BCUT2D eigenvalue weighted by molar-refractivity contribution is -0.123. The Morgan fingerprint density at radius 1 is 0.780 bits per heavy atom. The Kier molecular flexibility index (Phi) is 18.0. The molecule has 1 unspecified atom stereocenters. The zero-order chi connectivity index (χ0) is 43.0. The van der Waals surface area contributed by atoms with Crippen LogP contribution in [0.4, 0.5) is 11.4 Å². The van der Waals surface area contributed by atoms with Crippen LogP contribution in [0.2, 0.25) is 5.02 Å². The minimum Gasteiger partial charge on any atom is -0.470 e. The van der Waals surface area contributed by atoms with Crippen molar-refractivity contribution in [1.29, 1.82) is 0 Å². The Morgan fingerprint density at radius 3 is 1.98 bits per heavy atom. The number of ether oxygens (including phenoxy) is 2. The molecule has 0 saturated carbocycles. The molecule has 59 heavy (non-hydrogen) atoms. The summed E-state index contributed by atoms with van der Waals surface area (Å²) in [6.45, 7) is 7.45. The average Bonchev–Trinajstić information content (AvgIpc) is 3.63. The molecule has 2 N–H and O–H groups in total. The number of esters is 1. The molecule has 3 aromatic carbocycles. The van der Waals surface area contributed by atoms with Crippen LogP contribution in [0, 0.1) is 5.41 Å². The molecule has 320 valence electrons. The van der Waals surface area contributed by atoms with Gasteiger partial charge in [0.25, 0.3) is 17.6 Å². The van der Waals surface area contributed by atoms with Crippen molar-refractivity contribution in [2.75, 3.05) is 23.5 Å². The number of carbonyl (C=O) groups is 4. The lowest BCUT2D eigenvalue weighted by Crippen LogP contribution is -2.40. The minimum atomic E-state index is -3.74. The van der Waals surface area contributed by atoms with E-state index in [-0.39, 0.29) is 44.8 Å². The van der Waals surface area contributed by atoms with Crippen molar-refractivity contribution in [1.82, 2.24) is 4.98 Å². The second-order valence-electron chi connectivity index (χ2n) is 15.9. The number of nitrogens with one attached hydrogen (secondary N) is 2. The molecular weight excluding hydrogens is 794 g/mol. The summed E-state index contributed by atoms with van der Waals surface area (Å²) < 4.78 is 42.1. The third-order valence-corrected chi connectivity index (χ3v) is 11.2. The highest BCUT2D eigenvalue weighted by Gasteiger charge is 2.35. The number of carbonyl (C=O) groups excluding carboxylic acids is 4. The maximum absolute atomic E-state index is 14.0. The molecule has 1 atom stereocenters. The van der Waals surface area contributed by atoms with Crippen molar-refractivity contribution in [3.8, 4) is 5.75 Å². The first-order valence-corrected chi connectivity index (χ1v) is 22.8. The topological polar surface area (TPSA) is 171 Å². The van der Waals surface area contributed by atoms with Crippen LogP contribution in [-0.2, 0) is 24.2 Å². The SMILES string of the molecule is CCCCCCCCCCCCCCCCOC(=O)c1ccc(Cl)c(NC(=O)C(Oc2ccc(S(C)(=O)=O)cc2NC(=O)C(C)(C)C)C(=O)c2nc3ccccc3o2)c1. The van der Waals surface area contributed by atoms with Crippen molar-refractivity contribution in [2.45, 2.75) is 129 Å². The van der Waals surface area contributed by atoms with E-state index in [0.29, 0.717) is 5.52 Å². The summed E-state index contributed by atoms with van der Waals surface area (Å²) in [5.74, 6) is -3.73. The standard InChI is InChI=1S/C45H58ClN3O9S/c1-6-7-8-9-10-11-12-13-14-15-16-17-18-21-28-56-43(52)31-24-26-33(46)35(29-31)47-41(51)40(39(50)42-48-34-22-19-20-23-37(34)58-42)57-38-27-25-32(59(5,54)55)30-36(38)49-44(53)45(2,3)4/h19-20,22-27,29-30,40H,6-18,21,28H2,1-5H3,(H,47,51)(H,49,53). The number of unbranched alkanes of at least 4 members (excludes halogenated alkanes) is 13. The Labute approximate surface area is 353 Å². The molecule has 1 heterocycles. The summed E-state index contributed by atoms with van der Waals surface area (Å²) in [7, 11) is -3.74. The van der Waals surface area contributed by atoms with Gasteiger partial charge in [-0.05, 0) is 55.0 Å². The minimum absolute atomic E-state index is 0.00439. The second kappa shape index (κ2) is 22.6. The van der Waals surface area contributed by atoms with E-state index in [4.69, 9.17) is 25.5 Å². The number of aromatic nitrogens is 1. The molecule has 0 aliphatic heterocycles. The van der Waals surface area contributed by atoms with Crippen LogP contribution in [0.3, 0.4) is 0 Å². The van der Waals surface area contributed by atoms with Gasteiger partial charge in [0.2, 0.25) is 12.0 Å². The molecule has 0 fully saturated rings. The van der Waals surface area contributed by atoms with E-state index in [1.807, 2.05) is 0 Å². The van der Waals surface area contributed by atoms with Crippen molar-refractivity contribution in [3.63, 3.8) is 0 Å². The highest BCUT2D eigenvalue weighted by atomic mass is 35.5. The smallest absolute Gasteiger partial charge is 0.338 e. The average molecular weight is 852 g/mol. The molecule has 12 nitrogen and oxygen atoms in total. The Bertz CT molecular complexity index is 2130. The number of hydrogen-bond donors (Lipinski definition) is 2. The van der Waals surface area contributed by atoms with Gasteiger partial charge in [-0.2, -0.15) is 0 Å². The number of oxazole rings is 1. The number of rotatable bonds is 24. The van der Waals surface area contributed by atoms with Crippen LogP contribution in [0.1, 0.15) is 139 Å². The normalized spacial score (nSPS) is 12.2. The third kappa shape index (κ3) is 14.8. The van der Waals surface area contributed by atoms with Crippen LogP contribution < -0.4 is 15.4 Å². The number of anilines is 2. The van der Waals surface area contributed by atoms with Gasteiger partial charge in [-0.15, -0.1) is 0 Å². The highest BCUT2D eigenvalue weighted by molar-refractivity contribution is 7.90. The molecule has 4 rings (SSSR count). The van der Waals surface area contributed by atoms with E-state index in [1.165, 1.54) is 101 Å². The van der Waals surface area contributed by atoms with Gasteiger partial charge >= 0.3 is 5.97 Å². The van der Waals surface area contributed by atoms with Gasteiger partial charge in [0.05, 0.1) is 33.5 Å². The summed E-state index contributed by atoms with van der Waals surface area (Å²) in [5, 5.41) is 5.29. The first-order chi connectivity index (χ1) is 28.1. The molecule has 0 radical (unpaired) electrons. The largest absolute Gasteiger partial charge is 0.470 e. The number of ketones is 1. The second-order valence-corrected chi connectivity index (χ2v) is 18.3. The number of amides is 2. The van der Waals surface area contributed by atoms with E-state index < -0.39 is 50.8 Å². The fourth-order valence-electron chi connectivity index (χ4n) is 6.18. The molecule has 2 amide bonds. The number of benzene rings is 3. The van der Waals surface area contributed by atoms with Crippen LogP contribution >= 0.6 is 11.6 Å². The zero-order valence-corrected chi connectivity index (χ0v) is 36.4. The molecule has 1 aromatic heterocycles. The summed E-state index contributed by atoms with van der Waals surface area (Å²) in [4.78, 5) is 58.2. The summed E-state index contributed by atoms with van der Waals surface area (Å²) in [6, 6.07) is 14.5. The predicted octanol–water partition coefficient (Wildman–Crippen LogP) is 10.8. The molecular formula is C45H58ClN3O9S. The highest BCUT2D eigenvalue weighted by Crippen LogP contribution is 2.32. The van der Waals surface area contributed by atoms with Crippen LogP contribution in [0.15, 0.2) is 70.0 Å². The Balaban J connectivity index is 1.42. The van der Waals surface area contributed by atoms with Crippen molar-refractivity contribution >= 4 is 67.5 Å². The number of nitrogens with zero attached hydrogens (tertiary/aromatic N) is 1. The third-order valence-electron chi connectivity index (χ3n) is 9.73. The van der Waals surface area contributed by atoms with E-state index in [1.54, 1.807) is 45.0 Å². The van der Waals surface area contributed by atoms with Gasteiger partial charge in [-0.25, -0.2) is 18.2 Å². The van der Waals surface area contributed by atoms with Gasteiger partial charge in [0, 0.05) is 11.7 Å². The van der Waals surface area contributed by atoms with Crippen molar-refractivity contribution in [2.24, 2.45) is 5.41 Å². The maximum atomic E-state index is 14.0. The van der Waals surface area contributed by atoms with Gasteiger partial charge in [-0.3, -0.25) is 14.4 Å². The molecule has 4 aromatic rings. The molecule has 0 aliphatic rings. The van der Waals surface area contributed by atoms with Gasteiger partial charge < -0.3 is 24.5 Å². The fourth-order valence-corrected chi connectivity index (χ4v) is 7.00. The zero-order valence-electron chi connectivity index (χ0n) is 34.9. The number of halogens is 1. The molecule has 0 spiro atoms. The van der Waals surface area contributed by atoms with E-state index >= 15 is 0 Å². The van der Waals surface area contributed by atoms with Crippen LogP contribution in [0.25, 0.3) is 11.1 Å². The number of Topliss-reactive ketones (excluding diaryl/α,β-unsaturated/α-hetero) is 1. The molecule has 0 aliphatic carbocycles. The number of para-hydroxylation sites is 2. The maximum Gasteiger partial charge on any atom is 0.338 e. The summed E-state index contributed by atoms with van der Waals surface area (Å²) in [6.07, 6.45) is 16.0. The monoisotopic (exact) mass is 851 g/mol. The molecule has 14 heteroatoms. The number of sulfone groups is 1. The Morgan fingerprint density at radius 2 is 1.39 bits per heavy atom. The predicted molar refractivity (Wildman–Crippen MR) is 231 cm³/mol. The Hall–Kier alpha value is -4.75. The first-order valence-electron chi connectivity index (χ1n) is 20.6. The van der Waals surface area contributed by atoms with E-state index in [2.05, 4.69) is 22.5 Å². The molecule has 0 bridgehead atoms. The van der Waals surface area contributed by atoms with Crippen molar-refractivity contribution in [3.05, 3.63) is 77.1 Å². The van der Waals surface area contributed by atoms with Gasteiger partial charge in [0.1, 0.15) is 11.3 Å². The van der Waals surface area contributed by atoms with Gasteiger partial charge in [-0.1, -0.05) is 135 Å². The van der Waals surface area contributed by atoms with Gasteiger partial charge in [0.15, 0.2) is 15.4 Å². The summed E-state index contributed by atoms with van der Waals surface area (Å²) >= 11 is 6.46. The fraction of sp³-hybridized carbons (Fsp3) is 0.489. The number of fused-ring (bicyclic) bond motifs is 1. The van der Waals surface area contributed by atoms with Crippen molar-refractivity contribution < 1.29 is 41.5 Å². The van der Waals surface area contributed by atoms with E-state index in [0.717, 1.165) is 31.9 Å². The number of hydrogen-bond acceptors (Lipinski definition) is 10. The first kappa shape index (κ1) is 46.9. The lowest BCUT2D eigenvalue weighted by Gasteiger charge is -2.22. The quantitative estimate of drug-likeness (QED) is 0.0299. The van der Waals surface area contributed by atoms with E-state index in [9.17, 15) is 27.6 Å². The van der Waals surface area contributed by atoms with Crippen LogP contribution in [0.5, 0.6) is 5.75 Å². The molecule has 0 saturated heterocycles. The van der Waals surface area contributed by atoms with Crippen LogP contribution in [-0.4, -0.2) is 55.9 Å².